The molecule has 1 amide bonds. The highest BCUT2D eigenvalue weighted by atomic mass is 35.5. The van der Waals surface area contributed by atoms with E-state index in [1.54, 1.807) is 24.3 Å². The van der Waals surface area contributed by atoms with Crippen molar-refractivity contribution in [3.63, 3.8) is 0 Å². The number of hydrogen-bond donors (Lipinski definition) is 1. The number of ketones is 1. The number of anilines is 1. The Bertz CT molecular complexity index is 866. The Labute approximate surface area is 159 Å². The molecule has 0 aliphatic heterocycles. The van der Waals surface area contributed by atoms with Gasteiger partial charge in [-0.15, -0.1) is 0 Å². The minimum atomic E-state index is -0.727. The Morgan fingerprint density at radius 3 is 2.37 bits per heavy atom. The molecule has 2 aromatic rings. The number of carbonyl (C=O) groups excluding carboxylic acids is 3. The van der Waals surface area contributed by atoms with Crippen molar-refractivity contribution < 1.29 is 24.0 Å². The summed E-state index contributed by atoms with van der Waals surface area (Å²) < 4.78 is 4.79. The molecule has 140 valence electrons. The molecule has 9 heteroatoms. The number of halogens is 1. The van der Waals surface area contributed by atoms with E-state index in [-0.39, 0.29) is 30.0 Å². The smallest absolute Gasteiger partial charge is 0.306 e. The second-order valence-electron chi connectivity index (χ2n) is 5.41. The van der Waals surface area contributed by atoms with Gasteiger partial charge in [0.25, 0.3) is 11.6 Å². The van der Waals surface area contributed by atoms with Gasteiger partial charge in [0.1, 0.15) is 5.69 Å². The zero-order valence-corrected chi connectivity index (χ0v) is 14.8. The number of nitro groups is 1. The number of para-hydroxylation sites is 2. The highest BCUT2D eigenvalue weighted by Crippen LogP contribution is 2.22. The molecular weight excluding hydrogens is 376 g/mol. The van der Waals surface area contributed by atoms with Gasteiger partial charge in [0.05, 0.1) is 11.3 Å². The average molecular weight is 391 g/mol. The molecule has 0 saturated heterocycles. The number of carbonyl (C=O) groups is 3. The number of nitrogens with one attached hydrogen (secondary N) is 1. The maximum absolute atomic E-state index is 11.9. The molecule has 2 rings (SSSR count). The maximum atomic E-state index is 11.9. The monoisotopic (exact) mass is 390 g/mol. The Kier molecular flexibility index (Phi) is 7.01. The summed E-state index contributed by atoms with van der Waals surface area (Å²) in [7, 11) is 0. The van der Waals surface area contributed by atoms with Gasteiger partial charge in [-0.3, -0.25) is 24.5 Å². The van der Waals surface area contributed by atoms with E-state index < -0.39 is 23.4 Å². The fourth-order valence-corrected chi connectivity index (χ4v) is 2.26. The summed E-state index contributed by atoms with van der Waals surface area (Å²) in [5.74, 6) is -1.70. The number of nitrogens with zero attached hydrogens (tertiary/aromatic N) is 1. The molecule has 0 aliphatic carbocycles. The van der Waals surface area contributed by atoms with Gasteiger partial charge in [-0.1, -0.05) is 23.7 Å². The SMILES string of the molecule is O=C(COC(=O)CCC(=O)c1ccc(Cl)cc1)Nc1ccccc1[N+](=O)[O-]. The van der Waals surface area contributed by atoms with E-state index in [1.165, 1.54) is 24.3 Å². The number of amides is 1. The molecule has 0 aromatic heterocycles. The van der Waals surface area contributed by atoms with Crippen molar-refractivity contribution >= 4 is 40.6 Å². The van der Waals surface area contributed by atoms with Crippen LogP contribution in [0.15, 0.2) is 48.5 Å². The first-order valence-corrected chi connectivity index (χ1v) is 8.22. The summed E-state index contributed by atoms with van der Waals surface area (Å²) in [4.78, 5) is 45.7. The minimum Gasteiger partial charge on any atom is -0.456 e. The Balaban J connectivity index is 1.78. The Morgan fingerprint density at radius 1 is 1.04 bits per heavy atom. The van der Waals surface area contributed by atoms with Gasteiger partial charge in [-0.05, 0) is 30.3 Å². The van der Waals surface area contributed by atoms with E-state index in [0.717, 1.165) is 0 Å². The number of nitro benzene ring substituents is 1. The van der Waals surface area contributed by atoms with E-state index in [1.807, 2.05) is 0 Å². The fourth-order valence-electron chi connectivity index (χ4n) is 2.14. The molecule has 8 nitrogen and oxygen atoms in total. The largest absolute Gasteiger partial charge is 0.456 e. The van der Waals surface area contributed by atoms with Gasteiger partial charge in [0.2, 0.25) is 0 Å². The zero-order valence-electron chi connectivity index (χ0n) is 14.0. The number of benzene rings is 2. The average Bonchev–Trinajstić information content (AvgIpc) is 2.65. The first-order chi connectivity index (χ1) is 12.9. The van der Waals surface area contributed by atoms with Crippen LogP contribution in [0.5, 0.6) is 0 Å². The topological polar surface area (TPSA) is 116 Å². The van der Waals surface area contributed by atoms with Crippen molar-refractivity contribution in [3.8, 4) is 0 Å². The summed E-state index contributed by atoms with van der Waals surface area (Å²) in [5.41, 5.74) is 0.147. The van der Waals surface area contributed by atoms with Crippen molar-refractivity contribution in [2.45, 2.75) is 12.8 Å². The van der Waals surface area contributed by atoms with Crippen LogP contribution >= 0.6 is 11.6 Å². The van der Waals surface area contributed by atoms with Crippen LogP contribution in [-0.2, 0) is 14.3 Å². The van der Waals surface area contributed by atoms with E-state index in [0.29, 0.717) is 10.6 Å². The van der Waals surface area contributed by atoms with Crippen LogP contribution in [0.1, 0.15) is 23.2 Å². The summed E-state index contributed by atoms with van der Waals surface area (Å²) in [6.07, 6.45) is -0.271. The normalized spacial score (nSPS) is 10.1. The van der Waals surface area contributed by atoms with E-state index in [4.69, 9.17) is 16.3 Å². The van der Waals surface area contributed by atoms with E-state index in [2.05, 4.69) is 5.32 Å². The number of Topliss-reactive ketones (excluding diaryl/α,β-unsaturated/α-hetero) is 1. The minimum absolute atomic E-state index is 0.00136. The highest BCUT2D eigenvalue weighted by molar-refractivity contribution is 6.30. The van der Waals surface area contributed by atoms with Crippen LogP contribution in [0.4, 0.5) is 11.4 Å². The molecule has 2 aromatic carbocycles. The van der Waals surface area contributed by atoms with E-state index in [9.17, 15) is 24.5 Å². The quantitative estimate of drug-likeness (QED) is 0.319. The van der Waals surface area contributed by atoms with Gasteiger partial charge < -0.3 is 10.1 Å². The molecule has 0 spiro atoms. The van der Waals surface area contributed by atoms with Crippen LogP contribution in [-0.4, -0.2) is 29.2 Å². The lowest BCUT2D eigenvalue weighted by Gasteiger charge is -2.07. The molecule has 0 atom stereocenters. The Hall–Kier alpha value is -3.26. The predicted octanol–water partition coefficient (Wildman–Crippen LogP) is 3.39. The number of hydrogen-bond acceptors (Lipinski definition) is 6. The van der Waals surface area contributed by atoms with Gasteiger partial charge in [-0.25, -0.2) is 0 Å². The maximum Gasteiger partial charge on any atom is 0.306 e. The summed E-state index contributed by atoms with van der Waals surface area (Å²) >= 11 is 5.74. The van der Waals surface area contributed by atoms with Crippen LogP contribution in [0, 0.1) is 10.1 Å². The molecular formula is C18H15ClN2O6. The van der Waals surface area contributed by atoms with Crippen molar-refractivity contribution in [3.05, 3.63) is 69.2 Å². The second-order valence-corrected chi connectivity index (χ2v) is 5.85. The lowest BCUT2D eigenvalue weighted by molar-refractivity contribution is -0.383. The third-order valence-corrected chi connectivity index (χ3v) is 3.71. The second kappa shape index (κ2) is 9.44. The van der Waals surface area contributed by atoms with Crippen LogP contribution in [0.2, 0.25) is 5.02 Å². The standard InChI is InChI=1S/C18H15ClN2O6/c19-13-7-5-12(6-8-13)16(22)9-10-18(24)27-11-17(23)20-14-3-1-2-4-15(14)21(25)26/h1-8H,9-11H2,(H,20,23). The zero-order chi connectivity index (χ0) is 19.8. The van der Waals surface area contributed by atoms with E-state index >= 15 is 0 Å². The van der Waals surface area contributed by atoms with Crippen molar-refractivity contribution in [2.24, 2.45) is 0 Å². The summed E-state index contributed by atoms with van der Waals surface area (Å²) in [5, 5.41) is 13.7. The van der Waals surface area contributed by atoms with Crippen LogP contribution in [0.3, 0.4) is 0 Å². The summed E-state index contributed by atoms with van der Waals surface area (Å²) in [6, 6.07) is 11.8. The lowest BCUT2D eigenvalue weighted by atomic mass is 10.1. The molecule has 0 bridgehead atoms. The third-order valence-electron chi connectivity index (χ3n) is 3.46. The first-order valence-electron chi connectivity index (χ1n) is 7.84. The predicted molar refractivity (Wildman–Crippen MR) is 97.7 cm³/mol. The molecule has 0 aliphatic rings. The van der Waals surface area contributed by atoms with Gasteiger partial charge in [-0.2, -0.15) is 0 Å². The lowest BCUT2D eigenvalue weighted by Crippen LogP contribution is -2.21. The molecule has 0 heterocycles. The molecule has 0 saturated carbocycles. The molecule has 0 fully saturated rings. The van der Waals surface area contributed by atoms with Crippen LogP contribution < -0.4 is 5.32 Å². The number of esters is 1. The van der Waals surface area contributed by atoms with Crippen molar-refractivity contribution in [1.29, 1.82) is 0 Å². The highest BCUT2D eigenvalue weighted by Gasteiger charge is 2.16. The van der Waals surface area contributed by atoms with Crippen LogP contribution in [0.25, 0.3) is 0 Å². The van der Waals surface area contributed by atoms with Gasteiger partial charge in [0.15, 0.2) is 12.4 Å². The molecule has 0 radical (unpaired) electrons. The number of rotatable bonds is 8. The van der Waals surface area contributed by atoms with Gasteiger partial charge in [0, 0.05) is 23.1 Å². The molecule has 27 heavy (non-hydrogen) atoms. The van der Waals surface area contributed by atoms with Crippen molar-refractivity contribution in [2.75, 3.05) is 11.9 Å². The fraction of sp³-hybridized carbons (Fsp3) is 0.167. The molecule has 0 unspecified atom stereocenters. The number of ether oxygens (including phenoxy) is 1. The summed E-state index contributed by atoms with van der Waals surface area (Å²) in [6.45, 7) is -0.611. The first kappa shape index (κ1) is 20.1. The van der Waals surface area contributed by atoms with Crippen molar-refractivity contribution in [1.82, 2.24) is 0 Å². The molecule has 1 N–H and O–H groups in total. The third kappa shape index (κ3) is 6.19. The Morgan fingerprint density at radius 2 is 1.70 bits per heavy atom. The van der Waals surface area contributed by atoms with Gasteiger partial charge >= 0.3 is 5.97 Å².